The minimum atomic E-state index is -3.87. The van der Waals surface area contributed by atoms with E-state index in [0.717, 1.165) is 4.31 Å². The molecular weight excluding hydrogens is 396 g/mol. The lowest BCUT2D eigenvalue weighted by atomic mass is 10.2. The van der Waals surface area contributed by atoms with Crippen LogP contribution in [0.3, 0.4) is 0 Å². The van der Waals surface area contributed by atoms with Gasteiger partial charge in [0.2, 0.25) is 10.0 Å². The van der Waals surface area contributed by atoms with Crippen molar-refractivity contribution < 1.29 is 27.5 Å². The number of benzene rings is 2. The largest absolute Gasteiger partial charge is 0.497 e. The Labute approximate surface area is 169 Å². The van der Waals surface area contributed by atoms with Gasteiger partial charge in [0, 0.05) is 12.2 Å². The first-order chi connectivity index (χ1) is 13.9. The van der Waals surface area contributed by atoms with Gasteiger partial charge < -0.3 is 14.8 Å². The fraction of sp³-hybridized carbons (Fsp3) is 0.300. The molecule has 29 heavy (non-hydrogen) atoms. The lowest BCUT2D eigenvalue weighted by molar-refractivity contribution is -0.150. The molecule has 1 amide bonds. The van der Waals surface area contributed by atoms with Crippen molar-refractivity contribution in [1.29, 1.82) is 0 Å². The molecule has 3 rings (SSSR count). The normalized spacial score (nSPS) is 16.9. The van der Waals surface area contributed by atoms with E-state index in [4.69, 9.17) is 9.47 Å². The van der Waals surface area contributed by atoms with Gasteiger partial charge in [0.1, 0.15) is 11.8 Å². The summed E-state index contributed by atoms with van der Waals surface area (Å²) in [7, 11) is -2.38. The molecule has 1 aliphatic rings. The van der Waals surface area contributed by atoms with Gasteiger partial charge >= 0.3 is 5.97 Å². The molecule has 1 saturated heterocycles. The van der Waals surface area contributed by atoms with Gasteiger partial charge in [-0.2, -0.15) is 4.31 Å². The quantitative estimate of drug-likeness (QED) is 0.691. The van der Waals surface area contributed by atoms with Crippen molar-refractivity contribution in [3.63, 3.8) is 0 Å². The maximum Gasteiger partial charge on any atom is 0.324 e. The molecule has 0 aliphatic carbocycles. The fourth-order valence-corrected chi connectivity index (χ4v) is 4.74. The van der Waals surface area contributed by atoms with Crippen molar-refractivity contribution in [3.05, 3.63) is 54.6 Å². The summed E-state index contributed by atoms with van der Waals surface area (Å²) in [6.07, 6.45) is 0.875. The van der Waals surface area contributed by atoms with Crippen LogP contribution < -0.4 is 10.1 Å². The molecule has 0 spiro atoms. The van der Waals surface area contributed by atoms with Crippen molar-refractivity contribution in [2.45, 2.75) is 23.8 Å². The minimum absolute atomic E-state index is 0.0693. The van der Waals surface area contributed by atoms with Crippen LogP contribution in [0.2, 0.25) is 0 Å². The van der Waals surface area contributed by atoms with Crippen LogP contribution in [0, 0.1) is 0 Å². The van der Waals surface area contributed by atoms with Crippen LogP contribution in [0.4, 0.5) is 5.69 Å². The first-order valence-corrected chi connectivity index (χ1v) is 10.5. The Morgan fingerprint density at radius 1 is 1.10 bits per heavy atom. The molecule has 1 fully saturated rings. The Morgan fingerprint density at radius 3 is 2.45 bits per heavy atom. The number of rotatable bonds is 7. The van der Waals surface area contributed by atoms with E-state index in [1.165, 1.54) is 19.2 Å². The highest BCUT2D eigenvalue weighted by atomic mass is 32.2. The smallest absolute Gasteiger partial charge is 0.324 e. The Balaban J connectivity index is 1.63. The number of ether oxygens (including phenoxy) is 2. The van der Waals surface area contributed by atoms with Gasteiger partial charge in [-0.05, 0) is 49.2 Å². The second-order valence-corrected chi connectivity index (χ2v) is 8.36. The van der Waals surface area contributed by atoms with Crippen molar-refractivity contribution >= 4 is 27.6 Å². The molecule has 2 aromatic rings. The van der Waals surface area contributed by atoms with Crippen LogP contribution in [0.1, 0.15) is 12.8 Å². The van der Waals surface area contributed by atoms with E-state index >= 15 is 0 Å². The Bertz CT molecular complexity index is 960. The topological polar surface area (TPSA) is 102 Å². The van der Waals surface area contributed by atoms with Crippen LogP contribution in [0.15, 0.2) is 59.5 Å². The molecule has 0 bridgehead atoms. The highest BCUT2D eigenvalue weighted by molar-refractivity contribution is 7.89. The molecule has 8 nitrogen and oxygen atoms in total. The van der Waals surface area contributed by atoms with Crippen LogP contribution in [0.25, 0.3) is 0 Å². The van der Waals surface area contributed by atoms with Gasteiger partial charge in [0.15, 0.2) is 6.61 Å². The average Bonchev–Trinajstić information content (AvgIpc) is 3.24. The van der Waals surface area contributed by atoms with Crippen molar-refractivity contribution in [1.82, 2.24) is 4.31 Å². The fourth-order valence-electron chi connectivity index (χ4n) is 3.10. The van der Waals surface area contributed by atoms with Gasteiger partial charge in [0.05, 0.1) is 12.0 Å². The SMILES string of the molecule is COc1ccc(S(=O)(=O)N2CCC[C@H]2C(=O)OCC(=O)Nc2ccccc2)cc1. The molecule has 1 N–H and O–H groups in total. The number of nitrogens with one attached hydrogen (secondary N) is 1. The zero-order chi connectivity index (χ0) is 20.9. The van der Waals surface area contributed by atoms with Gasteiger partial charge in [-0.15, -0.1) is 0 Å². The maximum atomic E-state index is 12.9. The Hall–Kier alpha value is -2.91. The van der Waals surface area contributed by atoms with E-state index in [1.54, 1.807) is 36.4 Å². The van der Waals surface area contributed by atoms with Crippen LogP contribution in [-0.4, -0.2) is 50.9 Å². The van der Waals surface area contributed by atoms with E-state index in [2.05, 4.69) is 5.32 Å². The lowest BCUT2D eigenvalue weighted by Gasteiger charge is -2.22. The van der Waals surface area contributed by atoms with Gasteiger partial charge in [-0.3, -0.25) is 9.59 Å². The predicted molar refractivity (Wildman–Crippen MR) is 106 cm³/mol. The number of anilines is 1. The predicted octanol–water partition coefficient (Wildman–Crippen LogP) is 2.03. The summed E-state index contributed by atoms with van der Waals surface area (Å²) in [6, 6.07) is 13.8. The van der Waals surface area contributed by atoms with Crippen LogP contribution in [-0.2, 0) is 24.3 Å². The highest BCUT2D eigenvalue weighted by Crippen LogP contribution is 2.27. The number of nitrogens with zero attached hydrogens (tertiary/aromatic N) is 1. The van der Waals surface area contributed by atoms with E-state index in [-0.39, 0.29) is 11.4 Å². The Morgan fingerprint density at radius 2 is 1.79 bits per heavy atom. The molecule has 154 valence electrons. The zero-order valence-corrected chi connectivity index (χ0v) is 16.7. The van der Waals surface area contributed by atoms with Gasteiger partial charge in [-0.25, -0.2) is 8.42 Å². The molecule has 0 saturated carbocycles. The number of carbonyl (C=O) groups excluding carboxylic acids is 2. The van der Waals surface area contributed by atoms with Crippen molar-refractivity contribution in [3.8, 4) is 5.75 Å². The third kappa shape index (κ3) is 4.93. The average molecular weight is 418 g/mol. The van der Waals surface area contributed by atoms with Crippen molar-refractivity contribution in [2.24, 2.45) is 0 Å². The number of carbonyl (C=O) groups is 2. The number of hydrogen-bond donors (Lipinski definition) is 1. The number of para-hydroxylation sites is 1. The summed E-state index contributed by atoms with van der Waals surface area (Å²) in [4.78, 5) is 24.5. The number of esters is 1. The number of hydrogen-bond acceptors (Lipinski definition) is 6. The summed E-state index contributed by atoms with van der Waals surface area (Å²) in [5, 5.41) is 2.61. The first-order valence-electron chi connectivity index (χ1n) is 9.09. The van der Waals surface area contributed by atoms with Crippen LogP contribution in [0.5, 0.6) is 5.75 Å². The van der Waals surface area contributed by atoms with Gasteiger partial charge in [0.25, 0.3) is 5.91 Å². The lowest BCUT2D eigenvalue weighted by Crippen LogP contribution is -2.42. The maximum absolute atomic E-state index is 12.9. The molecule has 2 aromatic carbocycles. The minimum Gasteiger partial charge on any atom is -0.497 e. The molecule has 1 heterocycles. The number of methoxy groups -OCH3 is 1. The summed E-state index contributed by atoms with van der Waals surface area (Å²) in [6.45, 7) is -0.273. The van der Waals surface area contributed by atoms with Crippen LogP contribution >= 0.6 is 0 Å². The van der Waals surface area contributed by atoms with E-state index < -0.39 is 34.5 Å². The third-order valence-corrected chi connectivity index (χ3v) is 6.47. The Kier molecular flexibility index (Phi) is 6.50. The third-order valence-electron chi connectivity index (χ3n) is 4.54. The molecule has 9 heteroatoms. The second-order valence-electron chi connectivity index (χ2n) is 6.47. The molecule has 1 atom stereocenters. The monoisotopic (exact) mass is 418 g/mol. The summed E-state index contributed by atoms with van der Waals surface area (Å²) >= 11 is 0. The van der Waals surface area contributed by atoms with Gasteiger partial charge in [-0.1, -0.05) is 18.2 Å². The molecule has 1 aliphatic heterocycles. The second kappa shape index (κ2) is 9.06. The van der Waals surface area contributed by atoms with E-state index in [0.29, 0.717) is 24.3 Å². The van der Waals surface area contributed by atoms with E-state index in [1.807, 2.05) is 6.07 Å². The highest BCUT2D eigenvalue weighted by Gasteiger charge is 2.40. The summed E-state index contributed by atoms with van der Waals surface area (Å²) in [5.41, 5.74) is 0.582. The number of sulfonamides is 1. The first kappa shape index (κ1) is 20.8. The molecule has 0 radical (unpaired) electrons. The molecular formula is C20H22N2O6S. The molecule has 0 unspecified atom stereocenters. The number of amides is 1. The zero-order valence-electron chi connectivity index (χ0n) is 15.9. The van der Waals surface area contributed by atoms with Crippen molar-refractivity contribution in [2.75, 3.05) is 25.6 Å². The summed E-state index contributed by atoms with van der Waals surface area (Å²) in [5.74, 6) is -0.694. The summed E-state index contributed by atoms with van der Waals surface area (Å²) < 4.78 is 37.1. The molecule has 0 aromatic heterocycles. The standard InChI is InChI=1S/C20H22N2O6S/c1-27-16-9-11-17(12-10-16)29(25,26)22-13-5-8-18(22)20(24)28-14-19(23)21-15-6-3-2-4-7-15/h2-4,6-7,9-12,18H,5,8,13-14H2,1H3,(H,21,23)/t18-/m0/s1. The van der Waals surface area contributed by atoms with E-state index in [9.17, 15) is 18.0 Å².